The van der Waals surface area contributed by atoms with E-state index in [2.05, 4.69) is 67.4 Å². The van der Waals surface area contributed by atoms with Gasteiger partial charge < -0.3 is 9.47 Å². The first-order valence-corrected chi connectivity index (χ1v) is 9.90. The van der Waals surface area contributed by atoms with Gasteiger partial charge in [0.15, 0.2) is 0 Å². The molecule has 0 saturated heterocycles. The predicted octanol–water partition coefficient (Wildman–Crippen LogP) is 5.22. The fourth-order valence-corrected chi connectivity index (χ4v) is 2.93. The molecule has 0 aliphatic rings. The summed E-state index contributed by atoms with van der Waals surface area (Å²) in [5, 5.41) is 0. The molecule has 3 rings (SSSR count). The number of rotatable bonds is 10. The Balaban J connectivity index is 1.36. The summed E-state index contributed by atoms with van der Waals surface area (Å²) < 4.78 is 11.6. The Labute approximate surface area is 168 Å². The molecule has 0 saturated carbocycles. The van der Waals surface area contributed by atoms with Crippen LogP contribution in [0.4, 0.5) is 0 Å². The molecule has 0 radical (unpaired) electrons. The van der Waals surface area contributed by atoms with E-state index in [4.69, 9.17) is 9.47 Å². The fourth-order valence-electron chi connectivity index (χ4n) is 2.93. The van der Waals surface area contributed by atoms with Crippen LogP contribution >= 0.6 is 0 Å². The summed E-state index contributed by atoms with van der Waals surface area (Å²) in [6.07, 6.45) is 1.84. The minimum Gasteiger partial charge on any atom is -0.375 e. The second-order valence-corrected chi connectivity index (χ2v) is 7.20. The molecule has 0 aliphatic heterocycles. The zero-order valence-corrected chi connectivity index (χ0v) is 16.9. The Hall–Kier alpha value is -2.49. The van der Waals surface area contributed by atoms with E-state index in [0.29, 0.717) is 26.4 Å². The molecule has 0 aliphatic carbocycles. The highest BCUT2D eigenvalue weighted by atomic mass is 16.5. The van der Waals surface area contributed by atoms with Gasteiger partial charge in [-0.25, -0.2) is 0 Å². The topological polar surface area (TPSA) is 31.4 Å². The zero-order valence-electron chi connectivity index (χ0n) is 16.9. The number of benzene rings is 2. The SMILES string of the molecule is Cc1ccc(CCOCc2cccc(COCCc3ccc(C)cc3)n2)cc1. The molecule has 28 heavy (non-hydrogen) atoms. The zero-order chi connectivity index (χ0) is 19.6. The van der Waals surface area contributed by atoms with E-state index in [1.54, 1.807) is 0 Å². The third-order valence-electron chi connectivity index (χ3n) is 4.68. The van der Waals surface area contributed by atoms with Crippen LogP contribution in [0.15, 0.2) is 66.7 Å². The summed E-state index contributed by atoms with van der Waals surface area (Å²) in [5.41, 5.74) is 7.06. The van der Waals surface area contributed by atoms with Crippen LogP contribution in [0.25, 0.3) is 0 Å². The minimum absolute atomic E-state index is 0.531. The number of pyridine rings is 1. The molecule has 0 fully saturated rings. The minimum atomic E-state index is 0.531. The number of nitrogens with zero attached hydrogens (tertiary/aromatic N) is 1. The van der Waals surface area contributed by atoms with E-state index in [1.807, 2.05) is 18.2 Å². The highest BCUT2D eigenvalue weighted by molar-refractivity contribution is 5.22. The van der Waals surface area contributed by atoms with E-state index < -0.39 is 0 Å². The van der Waals surface area contributed by atoms with Gasteiger partial charge in [0.1, 0.15) is 0 Å². The molecule has 1 aromatic heterocycles. The van der Waals surface area contributed by atoms with E-state index in [-0.39, 0.29) is 0 Å². The lowest BCUT2D eigenvalue weighted by atomic mass is 10.1. The second-order valence-electron chi connectivity index (χ2n) is 7.20. The Morgan fingerprint density at radius 1 is 0.607 bits per heavy atom. The van der Waals surface area contributed by atoms with Crippen molar-refractivity contribution in [3.63, 3.8) is 0 Å². The average molecular weight is 376 g/mol. The quantitative estimate of drug-likeness (QED) is 0.456. The van der Waals surface area contributed by atoms with Gasteiger partial charge in [0, 0.05) is 0 Å². The van der Waals surface area contributed by atoms with Crippen LogP contribution in [-0.2, 0) is 35.5 Å². The smallest absolute Gasteiger partial charge is 0.0888 e. The van der Waals surface area contributed by atoms with Gasteiger partial charge in [0.05, 0.1) is 37.8 Å². The third kappa shape index (κ3) is 6.91. The first kappa shape index (κ1) is 20.2. The number of aromatic nitrogens is 1. The van der Waals surface area contributed by atoms with Crippen molar-refractivity contribution in [1.82, 2.24) is 4.98 Å². The number of ether oxygens (including phenoxy) is 2. The van der Waals surface area contributed by atoms with Crippen LogP contribution in [0, 0.1) is 13.8 Å². The van der Waals surface area contributed by atoms with Crippen molar-refractivity contribution in [2.45, 2.75) is 39.9 Å². The number of hydrogen-bond acceptors (Lipinski definition) is 3. The van der Waals surface area contributed by atoms with E-state index in [1.165, 1.54) is 22.3 Å². The molecule has 0 unspecified atom stereocenters. The molecular weight excluding hydrogens is 346 g/mol. The van der Waals surface area contributed by atoms with Gasteiger partial charge in [-0.2, -0.15) is 0 Å². The number of aryl methyl sites for hydroxylation is 2. The van der Waals surface area contributed by atoms with E-state index in [9.17, 15) is 0 Å². The maximum Gasteiger partial charge on any atom is 0.0888 e. The maximum atomic E-state index is 5.80. The molecular formula is C25H29NO2. The average Bonchev–Trinajstić information content (AvgIpc) is 2.72. The molecule has 0 spiro atoms. The molecule has 3 nitrogen and oxygen atoms in total. The van der Waals surface area contributed by atoms with E-state index in [0.717, 1.165) is 24.2 Å². The van der Waals surface area contributed by atoms with Crippen molar-refractivity contribution in [2.24, 2.45) is 0 Å². The lowest BCUT2D eigenvalue weighted by Gasteiger charge is -2.08. The van der Waals surface area contributed by atoms with Crippen LogP contribution < -0.4 is 0 Å². The molecule has 0 atom stereocenters. The number of hydrogen-bond donors (Lipinski definition) is 0. The van der Waals surface area contributed by atoms with Gasteiger partial charge in [-0.1, -0.05) is 65.7 Å². The summed E-state index contributed by atoms with van der Waals surface area (Å²) in [4.78, 5) is 4.64. The fraction of sp³-hybridized carbons (Fsp3) is 0.320. The van der Waals surface area contributed by atoms with Crippen LogP contribution in [0.5, 0.6) is 0 Å². The van der Waals surface area contributed by atoms with Gasteiger partial charge in [-0.05, 0) is 49.9 Å². The predicted molar refractivity (Wildman–Crippen MR) is 113 cm³/mol. The van der Waals surface area contributed by atoms with Gasteiger partial charge in [-0.3, -0.25) is 4.98 Å². The van der Waals surface area contributed by atoms with Crippen molar-refractivity contribution in [1.29, 1.82) is 0 Å². The molecule has 0 N–H and O–H groups in total. The standard InChI is InChI=1S/C25H29NO2/c1-20-6-10-22(11-7-20)14-16-27-18-24-4-3-5-25(26-24)19-28-17-15-23-12-8-21(2)9-13-23/h3-13H,14-19H2,1-2H3. The molecule has 3 heteroatoms. The molecule has 1 heterocycles. The van der Waals surface area contributed by atoms with Gasteiger partial charge >= 0.3 is 0 Å². The van der Waals surface area contributed by atoms with Crippen molar-refractivity contribution in [3.05, 3.63) is 100 Å². The first-order chi connectivity index (χ1) is 13.7. The van der Waals surface area contributed by atoms with Crippen molar-refractivity contribution >= 4 is 0 Å². The monoisotopic (exact) mass is 375 g/mol. The Bertz CT molecular complexity index is 772. The lowest BCUT2D eigenvalue weighted by Crippen LogP contribution is -2.04. The highest BCUT2D eigenvalue weighted by Gasteiger charge is 2.01. The van der Waals surface area contributed by atoms with Crippen LogP contribution in [0.3, 0.4) is 0 Å². The van der Waals surface area contributed by atoms with Crippen molar-refractivity contribution < 1.29 is 9.47 Å². The maximum absolute atomic E-state index is 5.80. The lowest BCUT2D eigenvalue weighted by molar-refractivity contribution is 0.114. The van der Waals surface area contributed by atoms with Crippen LogP contribution in [0.2, 0.25) is 0 Å². The molecule has 3 aromatic rings. The van der Waals surface area contributed by atoms with Gasteiger partial charge in [0.2, 0.25) is 0 Å². The summed E-state index contributed by atoms with van der Waals surface area (Å²) in [5.74, 6) is 0. The molecule has 0 amide bonds. The first-order valence-electron chi connectivity index (χ1n) is 9.90. The largest absolute Gasteiger partial charge is 0.375 e. The van der Waals surface area contributed by atoms with Crippen LogP contribution in [0.1, 0.15) is 33.6 Å². The molecule has 2 aromatic carbocycles. The highest BCUT2D eigenvalue weighted by Crippen LogP contribution is 2.08. The Kier molecular flexibility index (Phi) is 7.77. The van der Waals surface area contributed by atoms with Crippen molar-refractivity contribution in [3.8, 4) is 0 Å². The Morgan fingerprint density at radius 2 is 1.04 bits per heavy atom. The summed E-state index contributed by atoms with van der Waals surface area (Å²) in [6, 6.07) is 23.2. The molecule has 0 bridgehead atoms. The summed E-state index contributed by atoms with van der Waals surface area (Å²) in [7, 11) is 0. The van der Waals surface area contributed by atoms with Crippen LogP contribution in [-0.4, -0.2) is 18.2 Å². The van der Waals surface area contributed by atoms with Gasteiger partial charge in [0.25, 0.3) is 0 Å². The van der Waals surface area contributed by atoms with E-state index >= 15 is 0 Å². The summed E-state index contributed by atoms with van der Waals surface area (Å²) >= 11 is 0. The summed E-state index contributed by atoms with van der Waals surface area (Å²) in [6.45, 7) is 6.66. The van der Waals surface area contributed by atoms with Gasteiger partial charge in [-0.15, -0.1) is 0 Å². The normalized spacial score (nSPS) is 10.9. The second kappa shape index (κ2) is 10.7. The van der Waals surface area contributed by atoms with Crippen molar-refractivity contribution in [2.75, 3.05) is 13.2 Å². The Morgan fingerprint density at radius 3 is 1.46 bits per heavy atom. The third-order valence-corrected chi connectivity index (χ3v) is 4.68. The molecule has 146 valence electrons.